The summed E-state index contributed by atoms with van der Waals surface area (Å²) in [7, 11) is 0. The first-order valence-corrected chi connectivity index (χ1v) is 13.5. The van der Waals surface area contributed by atoms with Gasteiger partial charge in [0.1, 0.15) is 11.5 Å². The molecule has 0 radical (unpaired) electrons. The second-order valence-electron chi connectivity index (χ2n) is 10.7. The fourth-order valence-corrected chi connectivity index (χ4v) is 7.04. The van der Waals surface area contributed by atoms with Crippen molar-refractivity contribution in [2.45, 2.75) is 83.1 Å². The number of hydrogen-bond donors (Lipinski definition) is 0. The lowest BCUT2D eigenvalue weighted by atomic mass is 9.73. The van der Waals surface area contributed by atoms with E-state index in [0.717, 1.165) is 19.3 Å². The predicted octanol–water partition coefficient (Wildman–Crippen LogP) is 7.75. The molecular weight excluding hydrogens is 416 g/mol. The minimum Gasteiger partial charge on any atom is -0.461 e. The highest BCUT2D eigenvalue weighted by Gasteiger charge is 2.39. The number of allylic oxidation sites excluding steroid dienone is 11. The van der Waals surface area contributed by atoms with Crippen molar-refractivity contribution in [1.29, 1.82) is 5.26 Å². The molecule has 1 fully saturated rings. The second-order valence-corrected chi connectivity index (χ2v) is 10.7. The Morgan fingerprint density at radius 2 is 1.82 bits per heavy atom. The van der Waals surface area contributed by atoms with E-state index in [1.54, 1.807) is 11.1 Å². The molecule has 6 aliphatic rings. The molecule has 34 heavy (non-hydrogen) atoms. The molecule has 5 aliphatic carbocycles. The molecule has 0 aromatic carbocycles. The molecule has 0 N–H and O–H groups in total. The third-order valence-corrected chi connectivity index (χ3v) is 8.76. The normalized spacial score (nSPS) is 32.4. The number of rotatable bonds is 4. The summed E-state index contributed by atoms with van der Waals surface area (Å²) in [6.45, 7) is 0. The molecule has 6 rings (SSSR count). The van der Waals surface area contributed by atoms with Gasteiger partial charge < -0.3 is 9.64 Å². The highest BCUT2D eigenvalue weighted by atomic mass is 16.5. The highest BCUT2D eigenvalue weighted by Crippen LogP contribution is 2.50. The molecule has 3 heteroatoms. The van der Waals surface area contributed by atoms with Crippen molar-refractivity contribution in [3.8, 4) is 6.07 Å². The van der Waals surface area contributed by atoms with Crippen LogP contribution >= 0.6 is 0 Å². The van der Waals surface area contributed by atoms with Gasteiger partial charge in [0.15, 0.2) is 0 Å². The maximum Gasteiger partial charge on any atom is 0.126 e. The summed E-state index contributed by atoms with van der Waals surface area (Å²) in [6.07, 6.45) is 32.1. The van der Waals surface area contributed by atoms with E-state index in [2.05, 4.69) is 59.6 Å². The molecule has 0 aromatic heterocycles. The Balaban J connectivity index is 1.20. The smallest absolute Gasteiger partial charge is 0.126 e. The van der Waals surface area contributed by atoms with Gasteiger partial charge in [-0.05, 0) is 112 Å². The molecular formula is C31H36N2O. The summed E-state index contributed by atoms with van der Waals surface area (Å²) in [4.78, 5) is 2.63. The van der Waals surface area contributed by atoms with Crippen molar-refractivity contribution >= 4 is 0 Å². The largest absolute Gasteiger partial charge is 0.461 e. The minimum absolute atomic E-state index is 0.0231. The number of ether oxygens (including phenoxy) is 1. The zero-order valence-corrected chi connectivity index (χ0v) is 20.2. The molecule has 0 bridgehead atoms. The van der Waals surface area contributed by atoms with Crippen LogP contribution in [0.1, 0.15) is 77.0 Å². The summed E-state index contributed by atoms with van der Waals surface area (Å²) >= 11 is 0. The third kappa shape index (κ3) is 4.02. The quantitative estimate of drug-likeness (QED) is 0.437. The minimum atomic E-state index is 0.0231. The summed E-state index contributed by atoms with van der Waals surface area (Å²) in [5, 5.41) is 9.31. The average Bonchev–Trinajstić information content (AvgIpc) is 3.29. The standard InChI is InChI=1S/C31H36N2O/c32-21-22-13-17-25(18-14-22)33(24-7-2-1-3-8-24)26-19-15-23(16-20-26)27-10-6-11-29-28-9-4-5-12-30(28)34-31(27)29/h1-2,5,7,12-13,17-18,22-23,26,29H,3-4,6,8-11,14-16,19-20H2. The zero-order chi connectivity index (χ0) is 22.9. The Labute approximate surface area is 204 Å². The molecule has 3 nitrogen and oxygen atoms in total. The summed E-state index contributed by atoms with van der Waals surface area (Å²) in [5.41, 5.74) is 5.98. The fourth-order valence-electron chi connectivity index (χ4n) is 7.04. The molecule has 176 valence electrons. The monoisotopic (exact) mass is 452 g/mol. The summed E-state index contributed by atoms with van der Waals surface area (Å²) in [6, 6.07) is 2.95. The van der Waals surface area contributed by atoms with Gasteiger partial charge in [0.25, 0.3) is 0 Å². The summed E-state index contributed by atoms with van der Waals surface area (Å²) < 4.78 is 6.52. The number of hydrogen-bond acceptors (Lipinski definition) is 3. The van der Waals surface area contributed by atoms with Crippen LogP contribution in [0.5, 0.6) is 0 Å². The van der Waals surface area contributed by atoms with E-state index in [9.17, 15) is 5.26 Å². The van der Waals surface area contributed by atoms with Crippen LogP contribution in [0, 0.1) is 29.1 Å². The van der Waals surface area contributed by atoms with Crippen LogP contribution in [0.15, 0.2) is 82.7 Å². The van der Waals surface area contributed by atoms with Crippen LogP contribution in [0.4, 0.5) is 0 Å². The molecule has 1 aliphatic heterocycles. The van der Waals surface area contributed by atoms with Crippen molar-refractivity contribution < 1.29 is 4.74 Å². The molecule has 0 amide bonds. The lowest BCUT2D eigenvalue weighted by Gasteiger charge is -2.42. The van der Waals surface area contributed by atoms with Crippen molar-refractivity contribution in [2.75, 3.05) is 0 Å². The average molecular weight is 453 g/mol. The van der Waals surface area contributed by atoms with Gasteiger partial charge in [-0.15, -0.1) is 0 Å². The highest BCUT2D eigenvalue weighted by molar-refractivity contribution is 5.40. The van der Waals surface area contributed by atoms with Gasteiger partial charge in [0, 0.05) is 23.4 Å². The van der Waals surface area contributed by atoms with E-state index < -0.39 is 0 Å². The molecule has 2 atom stereocenters. The lowest BCUT2D eigenvalue weighted by Crippen LogP contribution is -2.38. The Hall–Kier alpha value is -2.73. The fraction of sp³-hybridized carbons (Fsp3) is 0.516. The van der Waals surface area contributed by atoms with Crippen LogP contribution in [-0.4, -0.2) is 10.9 Å². The van der Waals surface area contributed by atoms with Gasteiger partial charge >= 0.3 is 0 Å². The molecule has 0 saturated heterocycles. The van der Waals surface area contributed by atoms with Crippen LogP contribution in [-0.2, 0) is 4.74 Å². The zero-order valence-electron chi connectivity index (χ0n) is 20.2. The van der Waals surface area contributed by atoms with Crippen molar-refractivity contribution in [3.05, 3.63) is 82.7 Å². The molecule has 2 unspecified atom stereocenters. The van der Waals surface area contributed by atoms with Crippen molar-refractivity contribution in [2.24, 2.45) is 17.8 Å². The van der Waals surface area contributed by atoms with Gasteiger partial charge in [0.05, 0.1) is 12.0 Å². The molecule has 0 spiro atoms. The van der Waals surface area contributed by atoms with Crippen LogP contribution in [0.25, 0.3) is 0 Å². The first-order chi connectivity index (χ1) is 16.8. The van der Waals surface area contributed by atoms with E-state index >= 15 is 0 Å². The van der Waals surface area contributed by atoms with Gasteiger partial charge in [0.2, 0.25) is 0 Å². The second kappa shape index (κ2) is 9.49. The predicted molar refractivity (Wildman–Crippen MR) is 136 cm³/mol. The van der Waals surface area contributed by atoms with E-state index in [1.807, 2.05) is 0 Å². The lowest BCUT2D eigenvalue weighted by molar-refractivity contribution is 0.205. The Bertz CT molecular complexity index is 1080. The Morgan fingerprint density at radius 1 is 0.941 bits per heavy atom. The number of nitriles is 1. The van der Waals surface area contributed by atoms with Crippen LogP contribution in [0.2, 0.25) is 0 Å². The number of fused-ring (bicyclic) bond motifs is 2. The molecule has 1 heterocycles. The first-order valence-electron chi connectivity index (χ1n) is 13.5. The van der Waals surface area contributed by atoms with Gasteiger partial charge in [-0.25, -0.2) is 0 Å². The third-order valence-electron chi connectivity index (χ3n) is 8.76. The van der Waals surface area contributed by atoms with Crippen molar-refractivity contribution in [1.82, 2.24) is 4.90 Å². The van der Waals surface area contributed by atoms with Gasteiger partial charge in [-0.2, -0.15) is 5.26 Å². The van der Waals surface area contributed by atoms with E-state index in [4.69, 9.17) is 4.74 Å². The van der Waals surface area contributed by atoms with E-state index in [0.29, 0.717) is 17.9 Å². The summed E-state index contributed by atoms with van der Waals surface area (Å²) in [5.74, 6) is 3.80. The van der Waals surface area contributed by atoms with Crippen LogP contribution < -0.4 is 0 Å². The Kier molecular flexibility index (Phi) is 6.08. The molecule has 0 aromatic rings. The van der Waals surface area contributed by atoms with Gasteiger partial charge in [-0.3, -0.25) is 0 Å². The first kappa shape index (κ1) is 21.8. The van der Waals surface area contributed by atoms with Crippen molar-refractivity contribution in [3.63, 3.8) is 0 Å². The molecule has 1 saturated carbocycles. The van der Waals surface area contributed by atoms with Gasteiger partial charge in [-0.1, -0.05) is 30.4 Å². The maximum atomic E-state index is 9.31. The topological polar surface area (TPSA) is 36.3 Å². The Morgan fingerprint density at radius 3 is 2.59 bits per heavy atom. The van der Waals surface area contributed by atoms with E-state index in [-0.39, 0.29) is 5.92 Å². The number of nitrogens with zero attached hydrogens (tertiary/aromatic N) is 2. The maximum absolute atomic E-state index is 9.31. The SMILES string of the molecule is N#CC1C=CC(N(C2=CC=CCC2)C2CCC(C3=C4OC5=C(CCC=C5)C4CCC3)CC2)=CC1. The van der Waals surface area contributed by atoms with E-state index in [1.165, 1.54) is 80.7 Å². The van der Waals surface area contributed by atoms with Crippen LogP contribution in [0.3, 0.4) is 0 Å².